The van der Waals surface area contributed by atoms with Gasteiger partial charge in [-0.15, -0.1) is 0 Å². The maximum absolute atomic E-state index is 12.4. The topological polar surface area (TPSA) is 76.3 Å². The molecule has 1 aromatic carbocycles. The number of hydrogen-bond acceptors (Lipinski definition) is 4. The smallest absolute Gasteiger partial charge is 0.275 e. The first kappa shape index (κ1) is 18.2. The molecular weight excluding hydrogens is 324 g/mol. The molecule has 7 heteroatoms. The zero-order valence-electron chi connectivity index (χ0n) is 15.0. The molecule has 24 heavy (non-hydrogen) atoms. The third-order valence-corrected chi connectivity index (χ3v) is 4.99. The van der Waals surface area contributed by atoms with Gasteiger partial charge in [-0.2, -0.15) is 23.4 Å². The number of aromatic nitrogens is 2. The van der Waals surface area contributed by atoms with E-state index in [0.717, 1.165) is 16.8 Å². The Morgan fingerprint density at radius 2 is 1.79 bits per heavy atom. The summed E-state index contributed by atoms with van der Waals surface area (Å²) in [6.45, 7) is 9.85. The van der Waals surface area contributed by atoms with Crippen LogP contribution in [0.2, 0.25) is 0 Å². The van der Waals surface area contributed by atoms with E-state index in [2.05, 4.69) is 35.8 Å². The van der Waals surface area contributed by atoms with Crippen molar-refractivity contribution in [1.82, 2.24) is 14.6 Å². The van der Waals surface area contributed by atoms with Crippen molar-refractivity contribution in [3.63, 3.8) is 0 Å². The minimum atomic E-state index is -3.70. The first-order valence-electron chi connectivity index (χ1n) is 7.68. The Kier molecular flexibility index (Phi) is 4.85. The first-order chi connectivity index (χ1) is 11.0. The Balaban J connectivity index is 2.22. The summed E-state index contributed by atoms with van der Waals surface area (Å²) in [5, 5.41) is 8.24. The zero-order chi connectivity index (χ0) is 18.1. The van der Waals surface area contributed by atoms with Crippen LogP contribution in [0.15, 0.2) is 40.5 Å². The summed E-state index contributed by atoms with van der Waals surface area (Å²) in [6, 6.07) is 6.86. The lowest BCUT2D eigenvalue weighted by Gasteiger charge is -2.19. The van der Waals surface area contributed by atoms with Crippen molar-refractivity contribution in [2.45, 2.75) is 44.9 Å². The summed E-state index contributed by atoms with van der Waals surface area (Å²) >= 11 is 0. The van der Waals surface area contributed by atoms with E-state index >= 15 is 0 Å². The minimum Gasteiger partial charge on any atom is -0.275 e. The Hall–Kier alpha value is -2.15. The predicted octanol–water partition coefficient (Wildman–Crippen LogP) is 2.73. The molecule has 6 nitrogen and oxygen atoms in total. The number of hydrazone groups is 1. The van der Waals surface area contributed by atoms with Gasteiger partial charge in [0, 0.05) is 18.8 Å². The largest absolute Gasteiger partial charge is 0.276 e. The molecule has 2 aromatic rings. The van der Waals surface area contributed by atoms with Crippen LogP contribution >= 0.6 is 0 Å². The first-order valence-corrected chi connectivity index (χ1v) is 9.16. The molecule has 0 saturated carbocycles. The lowest BCUT2D eigenvalue weighted by Crippen LogP contribution is -2.20. The number of nitrogens with zero attached hydrogens (tertiary/aromatic N) is 3. The van der Waals surface area contributed by atoms with E-state index < -0.39 is 10.0 Å². The van der Waals surface area contributed by atoms with Gasteiger partial charge in [-0.25, -0.2) is 0 Å². The fraction of sp³-hybridized carbons (Fsp3) is 0.412. The molecule has 1 heterocycles. The number of sulfonamides is 1. The number of aryl methyl sites for hydroxylation is 2. The molecule has 0 amide bonds. The minimum absolute atomic E-state index is 0.0255. The molecule has 130 valence electrons. The van der Waals surface area contributed by atoms with Crippen LogP contribution in [0.1, 0.15) is 44.5 Å². The molecule has 0 aliphatic heterocycles. The van der Waals surface area contributed by atoms with Crippen LogP contribution in [0, 0.1) is 6.92 Å². The van der Waals surface area contributed by atoms with Crippen molar-refractivity contribution in [3.05, 3.63) is 47.3 Å². The van der Waals surface area contributed by atoms with Crippen LogP contribution in [0.4, 0.5) is 0 Å². The van der Waals surface area contributed by atoms with Gasteiger partial charge in [0.2, 0.25) is 0 Å². The van der Waals surface area contributed by atoms with Gasteiger partial charge in [-0.1, -0.05) is 32.9 Å². The standard InChI is InChI=1S/C17H24N4O2S/c1-12(16-11-21(6)19-13(16)2)18-20-24(22,23)15-9-7-14(8-10-15)17(3,4)5/h7-11,20H,1-6H3/b18-12+. The fourth-order valence-electron chi connectivity index (χ4n) is 2.33. The summed E-state index contributed by atoms with van der Waals surface area (Å²) in [5.41, 5.74) is 3.22. The highest BCUT2D eigenvalue weighted by Crippen LogP contribution is 2.23. The second kappa shape index (κ2) is 6.39. The summed E-state index contributed by atoms with van der Waals surface area (Å²) in [5.74, 6) is 0. The third kappa shape index (κ3) is 4.03. The van der Waals surface area contributed by atoms with Crippen molar-refractivity contribution in [2.75, 3.05) is 0 Å². The van der Waals surface area contributed by atoms with Crippen molar-refractivity contribution in [1.29, 1.82) is 0 Å². The number of hydrogen-bond donors (Lipinski definition) is 1. The van der Waals surface area contributed by atoms with Crippen molar-refractivity contribution >= 4 is 15.7 Å². The molecular formula is C17H24N4O2S. The Labute approximate surface area is 143 Å². The van der Waals surface area contributed by atoms with E-state index in [0.29, 0.717) is 5.71 Å². The van der Waals surface area contributed by atoms with E-state index in [4.69, 9.17) is 0 Å². The third-order valence-electron chi connectivity index (χ3n) is 3.77. The highest BCUT2D eigenvalue weighted by molar-refractivity contribution is 7.89. The number of benzene rings is 1. The lowest BCUT2D eigenvalue weighted by atomic mass is 9.87. The van der Waals surface area contributed by atoms with Crippen LogP contribution in [0.3, 0.4) is 0 Å². The monoisotopic (exact) mass is 348 g/mol. The molecule has 0 fully saturated rings. The zero-order valence-corrected chi connectivity index (χ0v) is 15.8. The van der Waals surface area contributed by atoms with E-state index in [9.17, 15) is 8.42 Å². The predicted molar refractivity (Wildman–Crippen MR) is 95.6 cm³/mol. The Bertz CT molecular complexity index is 857. The number of nitrogens with one attached hydrogen (secondary N) is 1. The van der Waals surface area contributed by atoms with Crippen molar-refractivity contribution in [2.24, 2.45) is 12.1 Å². The Morgan fingerprint density at radius 1 is 1.21 bits per heavy atom. The molecule has 0 bridgehead atoms. The number of rotatable bonds is 4. The SMILES string of the molecule is C/C(=N\NS(=O)(=O)c1ccc(C(C)(C)C)cc1)c1cn(C)nc1C. The maximum atomic E-state index is 12.4. The molecule has 2 rings (SSSR count). The normalized spacial score (nSPS) is 13.2. The van der Waals surface area contributed by atoms with Crippen LogP contribution in [-0.2, 0) is 22.5 Å². The quantitative estimate of drug-likeness (QED) is 0.682. The second-order valence-corrected chi connectivity index (χ2v) is 8.53. The van der Waals surface area contributed by atoms with E-state index in [-0.39, 0.29) is 10.3 Å². The molecule has 0 radical (unpaired) electrons. The van der Waals surface area contributed by atoms with Crippen LogP contribution in [-0.4, -0.2) is 23.9 Å². The summed E-state index contributed by atoms with van der Waals surface area (Å²) < 4.78 is 26.4. The van der Waals surface area contributed by atoms with E-state index in [1.54, 1.807) is 29.9 Å². The van der Waals surface area contributed by atoms with Gasteiger partial charge in [0.05, 0.1) is 16.3 Å². The average Bonchev–Trinajstić information content (AvgIpc) is 2.83. The molecule has 0 saturated heterocycles. The molecule has 1 aromatic heterocycles. The highest BCUT2D eigenvalue weighted by atomic mass is 32.2. The van der Waals surface area contributed by atoms with Crippen molar-refractivity contribution < 1.29 is 8.42 Å². The van der Waals surface area contributed by atoms with Crippen molar-refractivity contribution in [3.8, 4) is 0 Å². The summed E-state index contributed by atoms with van der Waals surface area (Å²) in [7, 11) is -1.89. The molecule has 0 unspecified atom stereocenters. The van der Waals surface area contributed by atoms with Gasteiger partial charge in [0.25, 0.3) is 10.0 Å². The molecule has 0 aliphatic rings. The van der Waals surface area contributed by atoms with E-state index in [1.807, 2.05) is 26.1 Å². The van der Waals surface area contributed by atoms with Gasteiger partial charge in [-0.3, -0.25) is 4.68 Å². The second-order valence-electron chi connectivity index (χ2n) is 6.87. The summed E-state index contributed by atoms with van der Waals surface area (Å²) in [4.78, 5) is 2.48. The average molecular weight is 348 g/mol. The van der Waals surface area contributed by atoms with Gasteiger partial charge < -0.3 is 0 Å². The molecule has 0 spiro atoms. The van der Waals surface area contributed by atoms with Gasteiger partial charge >= 0.3 is 0 Å². The fourth-order valence-corrected chi connectivity index (χ4v) is 3.19. The molecule has 1 N–H and O–H groups in total. The van der Waals surface area contributed by atoms with Gasteiger partial charge in [0.15, 0.2) is 0 Å². The van der Waals surface area contributed by atoms with Crippen LogP contribution < -0.4 is 4.83 Å². The maximum Gasteiger partial charge on any atom is 0.276 e. The van der Waals surface area contributed by atoms with Crippen LogP contribution in [0.5, 0.6) is 0 Å². The van der Waals surface area contributed by atoms with Gasteiger partial charge in [0.1, 0.15) is 0 Å². The Morgan fingerprint density at radius 3 is 2.25 bits per heavy atom. The van der Waals surface area contributed by atoms with E-state index in [1.165, 1.54) is 0 Å². The molecule has 0 aliphatic carbocycles. The summed E-state index contributed by atoms with van der Waals surface area (Å²) in [6.07, 6.45) is 1.81. The van der Waals surface area contributed by atoms with Gasteiger partial charge in [-0.05, 0) is 37.0 Å². The molecule has 0 atom stereocenters. The lowest BCUT2D eigenvalue weighted by molar-refractivity contribution is 0.580. The highest BCUT2D eigenvalue weighted by Gasteiger charge is 2.17. The van der Waals surface area contributed by atoms with Crippen LogP contribution in [0.25, 0.3) is 0 Å².